The summed E-state index contributed by atoms with van der Waals surface area (Å²) in [4.78, 5) is 25.2. The summed E-state index contributed by atoms with van der Waals surface area (Å²) < 4.78 is 22.9. The van der Waals surface area contributed by atoms with Crippen LogP contribution in [-0.4, -0.2) is 56.4 Å². The summed E-state index contributed by atoms with van der Waals surface area (Å²) >= 11 is 0. The van der Waals surface area contributed by atoms with Gasteiger partial charge in [0.25, 0.3) is 5.91 Å². The van der Waals surface area contributed by atoms with Crippen LogP contribution in [0.15, 0.2) is 48.5 Å². The molecule has 2 saturated heterocycles. The zero-order valence-electron chi connectivity index (χ0n) is 17.8. The maximum atomic E-state index is 13.1. The van der Waals surface area contributed by atoms with Gasteiger partial charge in [0.15, 0.2) is 0 Å². The number of ether oxygens (including phenoxy) is 4. The molecule has 32 heavy (non-hydrogen) atoms. The summed E-state index contributed by atoms with van der Waals surface area (Å²) in [7, 11) is 1.60. The van der Waals surface area contributed by atoms with Crippen molar-refractivity contribution in [2.75, 3.05) is 20.3 Å². The Kier molecular flexibility index (Phi) is 5.71. The molecule has 8 heteroatoms. The fourth-order valence-corrected chi connectivity index (χ4v) is 4.15. The average molecular weight is 438 g/mol. The third-order valence-electron chi connectivity index (χ3n) is 6.06. The zero-order valence-corrected chi connectivity index (χ0v) is 17.8. The topological polar surface area (TPSA) is 95.1 Å². The lowest BCUT2D eigenvalue weighted by atomic mass is 10.1. The van der Waals surface area contributed by atoms with Crippen LogP contribution in [0.5, 0.6) is 17.2 Å². The molecule has 5 rings (SSSR count). The maximum Gasteiger partial charge on any atom is 0.255 e. The Morgan fingerprint density at radius 3 is 2.16 bits per heavy atom. The van der Waals surface area contributed by atoms with Crippen LogP contribution in [-0.2, 0) is 14.3 Å². The van der Waals surface area contributed by atoms with E-state index in [0.717, 1.165) is 18.6 Å². The number of rotatable bonds is 7. The van der Waals surface area contributed by atoms with Gasteiger partial charge in [-0.2, -0.15) is 0 Å². The van der Waals surface area contributed by atoms with Crippen LogP contribution >= 0.6 is 0 Å². The summed E-state index contributed by atoms with van der Waals surface area (Å²) in [6.45, 7) is 0.718. The van der Waals surface area contributed by atoms with Crippen molar-refractivity contribution in [1.29, 1.82) is 0 Å². The van der Waals surface area contributed by atoms with E-state index in [2.05, 4.69) is 10.6 Å². The van der Waals surface area contributed by atoms with E-state index in [1.807, 2.05) is 6.07 Å². The molecule has 0 unspecified atom stereocenters. The highest BCUT2D eigenvalue weighted by Crippen LogP contribution is 2.32. The standard InChI is InChI=1S/C24H26N2O6/c1-29-15-8-10-16(11-9-15)32-20-5-3-2-4-17(20)24(28)26-19-13-31-21-18(12-30-22(19)21)25-23(27)14-6-7-14/h2-5,8-11,14,18-19,21-22H,6-7,12-13H2,1H3,(H,25,27)(H,26,28)/t18-,19-,21+,22+/m0/s1. The number of methoxy groups -OCH3 is 1. The molecular formula is C24H26N2O6. The molecule has 1 saturated carbocycles. The zero-order chi connectivity index (χ0) is 22.1. The molecule has 1 aliphatic carbocycles. The number of hydrogen-bond acceptors (Lipinski definition) is 6. The monoisotopic (exact) mass is 438 g/mol. The minimum atomic E-state index is -0.302. The molecule has 2 aliphatic heterocycles. The van der Waals surface area contributed by atoms with Gasteiger partial charge in [0.2, 0.25) is 5.91 Å². The second kappa shape index (κ2) is 8.80. The van der Waals surface area contributed by atoms with E-state index in [0.29, 0.717) is 30.3 Å². The van der Waals surface area contributed by atoms with Gasteiger partial charge in [0, 0.05) is 5.92 Å². The molecule has 0 spiro atoms. The third-order valence-corrected chi connectivity index (χ3v) is 6.06. The smallest absolute Gasteiger partial charge is 0.255 e. The van der Waals surface area contributed by atoms with Crippen LogP contribution in [0.4, 0.5) is 0 Å². The molecule has 0 aromatic heterocycles. The maximum absolute atomic E-state index is 13.1. The van der Waals surface area contributed by atoms with Crippen molar-refractivity contribution < 1.29 is 28.5 Å². The van der Waals surface area contributed by atoms with Gasteiger partial charge >= 0.3 is 0 Å². The van der Waals surface area contributed by atoms with E-state index in [1.165, 1.54) is 0 Å². The molecular weight excluding hydrogens is 412 g/mol. The van der Waals surface area contributed by atoms with Crippen molar-refractivity contribution in [3.8, 4) is 17.2 Å². The molecule has 2 N–H and O–H groups in total. The minimum Gasteiger partial charge on any atom is -0.497 e. The van der Waals surface area contributed by atoms with Crippen LogP contribution in [0.1, 0.15) is 23.2 Å². The Labute approximate surface area is 186 Å². The molecule has 2 aromatic carbocycles. The summed E-state index contributed by atoms with van der Waals surface area (Å²) in [5.41, 5.74) is 0.420. The van der Waals surface area contributed by atoms with Crippen molar-refractivity contribution in [2.24, 2.45) is 5.92 Å². The van der Waals surface area contributed by atoms with Crippen LogP contribution in [0.3, 0.4) is 0 Å². The highest BCUT2D eigenvalue weighted by Gasteiger charge is 2.49. The van der Waals surface area contributed by atoms with E-state index < -0.39 is 0 Å². The van der Waals surface area contributed by atoms with Crippen LogP contribution in [0.2, 0.25) is 0 Å². The van der Waals surface area contributed by atoms with Gasteiger partial charge in [0.1, 0.15) is 29.5 Å². The Balaban J connectivity index is 1.23. The van der Waals surface area contributed by atoms with Crippen LogP contribution in [0, 0.1) is 5.92 Å². The van der Waals surface area contributed by atoms with Crippen molar-refractivity contribution >= 4 is 11.8 Å². The normalized spacial score (nSPS) is 26.3. The number of nitrogens with one attached hydrogen (secondary N) is 2. The van der Waals surface area contributed by atoms with Crippen molar-refractivity contribution in [3.63, 3.8) is 0 Å². The lowest BCUT2D eigenvalue weighted by Gasteiger charge is -2.19. The Bertz CT molecular complexity index is 990. The number of hydrogen-bond donors (Lipinski definition) is 2. The van der Waals surface area contributed by atoms with Crippen LogP contribution in [0.25, 0.3) is 0 Å². The van der Waals surface area contributed by atoms with Gasteiger partial charge in [-0.25, -0.2) is 0 Å². The number of carbonyl (C=O) groups excluding carboxylic acids is 2. The summed E-state index contributed by atoms with van der Waals surface area (Å²) in [5, 5.41) is 6.05. The van der Waals surface area contributed by atoms with Crippen molar-refractivity contribution in [1.82, 2.24) is 10.6 Å². The minimum absolute atomic E-state index is 0.0694. The average Bonchev–Trinajstić information content (AvgIpc) is 3.49. The lowest BCUT2D eigenvalue weighted by Crippen LogP contribution is -2.47. The predicted octanol–water partition coefficient (Wildman–Crippen LogP) is 2.28. The van der Waals surface area contributed by atoms with Gasteiger partial charge in [0.05, 0.1) is 38.0 Å². The second-order valence-electron chi connectivity index (χ2n) is 8.34. The first kappa shape index (κ1) is 20.8. The van der Waals surface area contributed by atoms with Gasteiger partial charge in [-0.15, -0.1) is 0 Å². The predicted molar refractivity (Wildman–Crippen MR) is 115 cm³/mol. The first-order chi connectivity index (χ1) is 15.6. The van der Waals surface area contributed by atoms with Gasteiger partial charge in [-0.05, 0) is 49.2 Å². The second-order valence-corrected chi connectivity index (χ2v) is 8.34. The first-order valence-corrected chi connectivity index (χ1v) is 10.9. The molecule has 0 bridgehead atoms. The number of para-hydroxylation sites is 1. The van der Waals surface area contributed by atoms with E-state index in [4.69, 9.17) is 18.9 Å². The third kappa shape index (κ3) is 4.28. The number of benzene rings is 2. The summed E-state index contributed by atoms with van der Waals surface area (Å²) in [5.74, 6) is 1.71. The number of amides is 2. The largest absolute Gasteiger partial charge is 0.497 e. The molecule has 2 aromatic rings. The van der Waals surface area contributed by atoms with E-state index >= 15 is 0 Å². The van der Waals surface area contributed by atoms with Crippen molar-refractivity contribution in [3.05, 3.63) is 54.1 Å². The Hall–Kier alpha value is -3.10. The number of carbonyl (C=O) groups is 2. The quantitative estimate of drug-likeness (QED) is 0.689. The van der Waals surface area contributed by atoms with Gasteiger partial charge in [-0.1, -0.05) is 12.1 Å². The highest BCUT2D eigenvalue weighted by molar-refractivity contribution is 5.97. The SMILES string of the molecule is COc1ccc(Oc2ccccc2C(=O)N[C@H]2CO[C@H]3[C@@H]2OC[C@@H]3NC(=O)C2CC2)cc1. The number of fused-ring (bicyclic) bond motifs is 1. The fraction of sp³-hybridized carbons (Fsp3) is 0.417. The van der Waals surface area contributed by atoms with E-state index in [1.54, 1.807) is 49.6 Å². The van der Waals surface area contributed by atoms with E-state index in [9.17, 15) is 9.59 Å². The molecule has 2 amide bonds. The first-order valence-electron chi connectivity index (χ1n) is 10.9. The lowest BCUT2D eigenvalue weighted by molar-refractivity contribution is -0.123. The van der Waals surface area contributed by atoms with Gasteiger partial charge in [-0.3, -0.25) is 9.59 Å². The molecule has 3 aliphatic rings. The molecule has 0 radical (unpaired) electrons. The molecule has 168 valence electrons. The fourth-order valence-electron chi connectivity index (χ4n) is 4.15. The van der Waals surface area contributed by atoms with Crippen LogP contribution < -0.4 is 20.1 Å². The summed E-state index contributed by atoms with van der Waals surface area (Å²) in [6, 6.07) is 13.8. The van der Waals surface area contributed by atoms with Gasteiger partial charge < -0.3 is 29.6 Å². The molecule has 3 fully saturated rings. The Morgan fingerprint density at radius 1 is 0.875 bits per heavy atom. The molecule has 4 atom stereocenters. The van der Waals surface area contributed by atoms with E-state index in [-0.39, 0.29) is 42.0 Å². The molecule has 2 heterocycles. The Morgan fingerprint density at radius 2 is 1.50 bits per heavy atom. The van der Waals surface area contributed by atoms with Crippen molar-refractivity contribution in [2.45, 2.75) is 37.1 Å². The highest BCUT2D eigenvalue weighted by atomic mass is 16.6. The summed E-state index contributed by atoms with van der Waals surface area (Å²) in [6.07, 6.45) is 1.35. The molecule has 8 nitrogen and oxygen atoms in total.